The van der Waals surface area contributed by atoms with Crippen LogP contribution in [-0.4, -0.2) is 50.3 Å². The number of carbonyl (C=O) groups excluding carboxylic acids is 1. The van der Waals surface area contributed by atoms with E-state index in [1.54, 1.807) is 16.7 Å². The maximum absolute atomic E-state index is 12.0. The van der Waals surface area contributed by atoms with Crippen molar-refractivity contribution in [1.29, 1.82) is 0 Å². The molecule has 0 saturated heterocycles. The summed E-state index contributed by atoms with van der Waals surface area (Å²) >= 11 is 2.89. The van der Waals surface area contributed by atoms with Gasteiger partial charge in [0.1, 0.15) is 0 Å². The molecule has 1 aromatic carbocycles. The van der Waals surface area contributed by atoms with E-state index in [4.69, 9.17) is 5.84 Å². The predicted molar refractivity (Wildman–Crippen MR) is 99.7 cm³/mol. The van der Waals surface area contributed by atoms with E-state index in [0.717, 1.165) is 12.2 Å². The number of amides is 1. The lowest BCUT2D eigenvalue weighted by Crippen LogP contribution is -2.32. The molecule has 0 atom stereocenters. The zero-order valence-corrected chi connectivity index (χ0v) is 15.6. The molecule has 0 fully saturated rings. The van der Waals surface area contributed by atoms with E-state index in [9.17, 15) is 4.79 Å². The predicted octanol–water partition coefficient (Wildman–Crippen LogP) is 2.29. The first kappa shape index (κ1) is 18.7. The third-order valence-corrected chi connectivity index (χ3v) is 5.41. The molecule has 0 aliphatic rings. The molecule has 8 heteroatoms. The van der Waals surface area contributed by atoms with Crippen LogP contribution in [-0.2, 0) is 11.2 Å². The summed E-state index contributed by atoms with van der Waals surface area (Å²) in [6.07, 6.45) is 0.946. The molecule has 24 heavy (non-hydrogen) atoms. The van der Waals surface area contributed by atoms with E-state index in [2.05, 4.69) is 22.3 Å². The quantitative estimate of drug-likeness (QED) is 0.543. The highest BCUT2D eigenvalue weighted by molar-refractivity contribution is 8.00. The van der Waals surface area contributed by atoms with Gasteiger partial charge in [0.25, 0.3) is 0 Å². The first-order valence-electron chi connectivity index (χ1n) is 7.93. The van der Waals surface area contributed by atoms with Gasteiger partial charge in [0.05, 0.1) is 5.75 Å². The molecule has 1 heterocycles. The highest BCUT2D eigenvalue weighted by Gasteiger charge is 2.15. The maximum Gasteiger partial charge on any atom is 0.233 e. The number of thioether (sulfide) groups is 2. The van der Waals surface area contributed by atoms with E-state index >= 15 is 0 Å². The Morgan fingerprint density at radius 3 is 2.38 bits per heavy atom. The van der Waals surface area contributed by atoms with Crippen LogP contribution < -0.4 is 5.84 Å². The largest absolute Gasteiger partial charge is 0.343 e. The molecule has 0 bridgehead atoms. The number of hydrogen-bond donors (Lipinski definition) is 1. The van der Waals surface area contributed by atoms with Crippen molar-refractivity contribution < 1.29 is 4.79 Å². The third kappa shape index (κ3) is 5.17. The minimum atomic E-state index is 0.0891. The standard InChI is InChI=1S/C16H23N5OS2/c1-3-20(4-2)14(22)12-24-16-19-18-15(21(16)17)23-11-10-13-8-6-5-7-9-13/h5-9H,3-4,10-12,17H2,1-2H3. The van der Waals surface area contributed by atoms with Crippen molar-refractivity contribution in [2.75, 3.05) is 30.4 Å². The van der Waals surface area contributed by atoms with Gasteiger partial charge in [-0.1, -0.05) is 53.9 Å². The third-order valence-electron chi connectivity index (χ3n) is 3.54. The molecule has 1 amide bonds. The van der Waals surface area contributed by atoms with Crippen molar-refractivity contribution in [3.8, 4) is 0 Å². The fourth-order valence-electron chi connectivity index (χ4n) is 2.16. The summed E-state index contributed by atoms with van der Waals surface area (Å²) in [5.41, 5.74) is 1.28. The number of nitrogen functional groups attached to an aromatic ring is 1. The maximum atomic E-state index is 12.0. The number of rotatable bonds is 9. The SMILES string of the molecule is CCN(CC)C(=O)CSc1nnc(SCCc2ccccc2)n1N. The molecule has 2 aromatic rings. The average Bonchev–Trinajstić information content (AvgIpc) is 2.95. The second kappa shape index (κ2) is 9.58. The topological polar surface area (TPSA) is 77.0 Å². The molecule has 0 radical (unpaired) electrons. The molecule has 0 unspecified atom stereocenters. The van der Waals surface area contributed by atoms with Gasteiger partial charge in [0.2, 0.25) is 16.2 Å². The molecule has 2 rings (SSSR count). The summed E-state index contributed by atoms with van der Waals surface area (Å²) in [6, 6.07) is 10.3. The normalized spacial score (nSPS) is 10.8. The van der Waals surface area contributed by atoms with Crippen LogP contribution in [0.1, 0.15) is 19.4 Å². The van der Waals surface area contributed by atoms with Crippen LogP contribution in [0.15, 0.2) is 40.6 Å². The fraction of sp³-hybridized carbons (Fsp3) is 0.438. The Labute approximate surface area is 151 Å². The smallest absolute Gasteiger partial charge is 0.233 e. The molecular formula is C16H23N5OS2. The lowest BCUT2D eigenvalue weighted by molar-refractivity contribution is -0.127. The Kier molecular flexibility index (Phi) is 7.45. The zero-order valence-electron chi connectivity index (χ0n) is 14.0. The van der Waals surface area contributed by atoms with Gasteiger partial charge in [-0.3, -0.25) is 4.79 Å². The fourth-order valence-corrected chi connectivity index (χ4v) is 3.82. The molecule has 1 aromatic heterocycles. The number of nitrogens with two attached hydrogens (primary N) is 1. The van der Waals surface area contributed by atoms with Crippen molar-refractivity contribution in [2.45, 2.75) is 30.6 Å². The molecular weight excluding hydrogens is 342 g/mol. The van der Waals surface area contributed by atoms with Crippen LogP contribution in [0.3, 0.4) is 0 Å². The van der Waals surface area contributed by atoms with Crippen molar-refractivity contribution in [1.82, 2.24) is 19.8 Å². The first-order valence-corrected chi connectivity index (χ1v) is 9.90. The summed E-state index contributed by atoms with van der Waals surface area (Å²) in [6.45, 7) is 5.37. The second-order valence-electron chi connectivity index (χ2n) is 5.07. The summed E-state index contributed by atoms with van der Waals surface area (Å²) in [7, 11) is 0. The van der Waals surface area contributed by atoms with Gasteiger partial charge >= 0.3 is 0 Å². The van der Waals surface area contributed by atoms with Gasteiger partial charge in [0.15, 0.2) is 0 Å². The minimum absolute atomic E-state index is 0.0891. The van der Waals surface area contributed by atoms with Crippen LogP contribution in [0.2, 0.25) is 0 Å². The molecule has 130 valence electrons. The van der Waals surface area contributed by atoms with E-state index in [-0.39, 0.29) is 5.91 Å². The lowest BCUT2D eigenvalue weighted by Gasteiger charge is -2.17. The Balaban J connectivity index is 1.83. The van der Waals surface area contributed by atoms with Crippen molar-refractivity contribution in [2.24, 2.45) is 0 Å². The summed E-state index contributed by atoms with van der Waals surface area (Å²) in [5.74, 6) is 7.33. The molecule has 0 aliphatic heterocycles. The highest BCUT2D eigenvalue weighted by atomic mass is 32.2. The summed E-state index contributed by atoms with van der Waals surface area (Å²) in [5, 5.41) is 9.44. The number of nitrogens with zero attached hydrogens (tertiary/aromatic N) is 4. The van der Waals surface area contributed by atoms with Gasteiger partial charge in [-0.2, -0.15) is 0 Å². The monoisotopic (exact) mass is 365 g/mol. The van der Waals surface area contributed by atoms with Gasteiger partial charge in [0, 0.05) is 18.8 Å². The first-order chi connectivity index (χ1) is 11.7. The molecule has 0 saturated carbocycles. The van der Waals surface area contributed by atoms with Crippen LogP contribution in [0.25, 0.3) is 0 Å². The van der Waals surface area contributed by atoms with Crippen molar-refractivity contribution in [3.05, 3.63) is 35.9 Å². The van der Waals surface area contributed by atoms with Gasteiger partial charge in [-0.25, -0.2) is 4.68 Å². The molecule has 2 N–H and O–H groups in total. The Morgan fingerprint density at radius 2 is 1.75 bits per heavy atom. The van der Waals surface area contributed by atoms with E-state index in [0.29, 0.717) is 29.2 Å². The Hall–Kier alpha value is -1.67. The average molecular weight is 366 g/mol. The number of carbonyl (C=O) groups is 1. The summed E-state index contributed by atoms with van der Waals surface area (Å²) < 4.78 is 1.47. The molecule has 0 spiro atoms. The number of aryl methyl sites for hydroxylation is 1. The molecule has 6 nitrogen and oxygen atoms in total. The van der Waals surface area contributed by atoms with Crippen molar-refractivity contribution >= 4 is 29.4 Å². The number of aromatic nitrogens is 3. The minimum Gasteiger partial charge on any atom is -0.343 e. The summed E-state index contributed by atoms with van der Waals surface area (Å²) in [4.78, 5) is 13.8. The van der Waals surface area contributed by atoms with Crippen LogP contribution >= 0.6 is 23.5 Å². The van der Waals surface area contributed by atoms with E-state index in [1.165, 1.54) is 22.0 Å². The second-order valence-corrected chi connectivity index (χ2v) is 7.08. The van der Waals surface area contributed by atoms with E-state index in [1.807, 2.05) is 32.0 Å². The van der Waals surface area contributed by atoms with Crippen LogP contribution in [0, 0.1) is 0 Å². The van der Waals surface area contributed by atoms with Crippen LogP contribution in [0.5, 0.6) is 0 Å². The molecule has 0 aliphatic carbocycles. The van der Waals surface area contributed by atoms with Crippen molar-refractivity contribution in [3.63, 3.8) is 0 Å². The number of hydrogen-bond acceptors (Lipinski definition) is 6. The lowest BCUT2D eigenvalue weighted by atomic mass is 10.2. The Morgan fingerprint density at radius 1 is 1.12 bits per heavy atom. The Bertz CT molecular complexity index is 643. The van der Waals surface area contributed by atoms with Gasteiger partial charge < -0.3 is 10.7 Å². The van der Waals surface area contributed by atoms with Crippen LogP contribution in [0.4, 0.5) is 0 Å². The van der Waals surface area contributed by atoms with Gasteiger partial charge in [-0.05, 0) is 25.8 Å². The highest BCUT2D eigenvalue weighted by Crippen LogP contribution is 2.21. The van der Waals surface area contributed by atoms with Gasteiger partial charge in [-0.15, -0.1) is 10.2 Å². The number of benzene rings is 1. The van der Waals surface area contributed by atoms with E-state index < -0.39 is 0 Å². The zero-order chi connectivity index (χ0) is 17.4.